The molecule has 0 spiro atoms. The molecule has 1 amide bonds. The van der Waals surface area contributed by atoms with Gasteiger partial charge in [-0.25, -0.2) is 4.79 Å². The van der Waals surface area contributed by atoms with E-state index in [9.17, 15) is 9.59 Å². The van der Waals surface area contributed by atoms with Gasteiger partial charge in [-0.3, -0.25) is 4.79 Å². The van der Waals surface area contributed by atoms with E-state index in [4.69, 9.17) is 4.74 Å². The average Bonchev–Trinajstić information content (AvgIpc) is 3.18. The fourth-order valence-corrected chi connectivity index (χ4v) is 3.77. The molecule has 0 aliphatic rings. The quantitative estimate of drug-likeness (QED) is 0.703. The third kappa shape index (κ3) is 3.30. The number of hydrogen-bond donors (Lipinski definition) is 1. The van der Waals surface area contributed by atoms with E-state index >= 15 is 0 Å². The third-order valence-corrected chi connectivity index (χ3v) is 5.08. The number of nitrogens with one attached hydrogen (secondary N) is 1. The van der Waals surface area contributed by atoms with E-state index in [1.54, 1.807) is 10.6 Å². The van der Waals surface area contributed by atoms with Crippen LogP contribution in [0.25, 0.3) is 10.2 Å². The Hall–Kier alpha value is -2.60. The minimum absolute atomic E-state index is 0.0577. The first-order valence-electron chi connectivity index (χ1n) is 8.08. The minimum atomic E-state index is -0.443. The molecule has 1 aromatic carbocycles. The highest BCUT2D eigenvalue weighted by atomic mass is 32.1. The number of carbonyl (C=O) groups is 2. The minimum Gasteiger partial charge on any atom is -0.464 e. The maximum Gasteiger partial charge on any atom is 0.354 e. The fraction of sp³-hybridized carbons (Fsp3) is 0.263. The van der Waals surface area contributed by atoms with Crippen molar-refractivity contribution < 1.29 is 14.3 Å². The summed E-state index contributed by atoms with van der Waals surface area (Å²) in [7, 11) is 1.34. The fourth-order valence-electron chi connectivity index (χ4n) is 2.95. The Kier molecular flexibility index (Phi) is 4.90. The van der Waals surface area contributed by atoms with Crippen molar-refractivity contribution in [3.63, 3.8) is 0 Å². The van der Waals surface area contributed by atoms with E-state index < -0.39 is 5.97 Å². The van der Waals surface area contributed by atoms with Crippen molar-refractivity contribution in [2.75, 3.05) is 12.4 Å². The number of amides is 1. The second-order valence-electron chi connectivity index (χ2n) is 5.79. The van der Waals surface area contributed by atoms with Crippen molar-refractivity contribution in [3.8, 4) is 0 Å². The Morgan fingerprint density at radius 3 is 2.80 bits per heavy atom. The monoisotopic (exact) mass is 356 g/mol. The molecule has 25 heavy (non-hydrogen) atoms. The molecule has 3 aromatic rings. The van der Waals surface area contributed by atoms with Crippen molar-refractivity contribution in [3.05, 3.63) is 52.5 Å². The number of ether oxygens (including phenoxy) is 1. The van der Waals surface area contributed by atoms with Crippen molar-refractivity contribution in [2.24, 2.45) is 0 Å². The molecule has 1 N–H and O–H groups in total. The van der Waals surface area contributed by atoms with E-state index in [0.717, 1.165) is 33.5 Å². The zero-order chi connectivity index (χ0) is 18.0. The summed E-state index contributed by atoms with van der Waals surface area (Å²) >= 11 is 1.53. The van der Waals surface area contributed by atoms with Crippen molar-refractivity contribution in [1.29, 1.82) is 0 Å². The molecule has 0 saturated heterocycles. The van der Waals surface area contributed by atoms with Crippen LogP contribution in [0.15, 0.2) is 35.7 Å². The van der Waals surface area contributed by atoms with E-state index in [1.807, 2.05) is 36.6 Å². The van der Waals surface area contributed by atoms with Crippen LogP contribution in [-0.4, -0.2) is 23.6 Å². The van der Waals surface area contributed by atoms with Gasteiger partial charge in [0.25, 0.3) is 0 Å². The first-order valence-corrected chi connectivity index (χ1v) is 8.96. The number of fused-ring (bicyclic) bond motifs is 1. The number of methoxy groups -OCH3 is 1. The lowest BCUT2D eigenvalue weighted by Crippen LogP contribution is -2.22. The molecule has 0 bridgehead atoms. The maximum absolute atomic E-state index is 12.6. The van der Waals surface area contributed by atoms with Crippen molar-refractivity contribution in [1.82, 2.24) is 4.57 Å². The third-order valence-electron chi connectivity index (χ3n) is 4.22. The molecule has 130 valence electrons. The Labute approximate surface area is 150 Å². The molecule has 6 heteroatoms. The molecule has 0 atom stereocenters. The number of rotatable bonds is 5. The first kappa shape index (κ1) is 17.2. The lowest BCUT2D eigenvalue weighted by atomic mass is 10.1. The summed E-state index contributed by atoms with van der Waals surface area (Å²) in [5.41, 5.74) is 4.22. The van der Waals surface area contributed by atoms with Gasteiger partial charge in [-0.1, -0.05) is 25.1 Å². The Morgan fingerprint density at radius 1 is 1.28 bits per heavy atom. The smallest absolute Gasteiger partial charge is 0.354 e. The summed E-state index contributed by atoms with van der Waals surface area (Å²) < 4.78 is 7.51. The van der Waals surface area contributed by atoms with Crippen LogP contribution >= 0.6 is 11.3 Å². The van der Waals surface area contributed by atoms with Crippen LogP contribution in [-0.2, 0) is 22.5 Å². The van der Waals surface area contributed by atoms with Gasteiger partial charge in [-0.05, 0) is 42.0 Å². The van der Waals surface area contributed by atoms with E-state index in [2.05, 4.69) is 12.2 Å². The van der Waals surface area contributed by atoms with Gasteiger partial charge in [0.1, 0.15) is 12.2 Å². The summed E-state index contributed by atoms with van der Waals surface area (Å²) in [5, 5.41) is 4.94. The van der Waals surface area contributed by atoms with Gasteiger partial charge in [-0.2, -0.15) is 0 Å². The van der Waals surface area contributed by atoms with E-state index in [0.29, 0.717) is 5.69 Å². The largest absolute Gasteiger partial charge is 0.464 e. The highest BCUT2D eigenvalue weighted by Gasteiger charge is 2.19. The van der Waals surface area contributed by atoms with Gasteiger partial charge in [-0.15, -0.1) is 11.3 Å². The van der Waals surface area contributed by atoms with Crippen LogP contribution < -0.4 is 5.32 Å². The lowest BCUT2D eigenvalue weighted by molar-refractivity contribution is -0.116. The first-order chi connectivity index (χ1) is 12.0. The summed E-state index contributed by atoms with van der Waals surface area (Å²) in [6.07, 6.45) is 0.836. The van der Waals surface area contributed by atoms with Crippen LogP contribution in [0.2, 0.25) is 0 Å². The lowest BCUT2D eigenvalue weighted by Gasteiger charge is -2.14. The second kappa shape index (κ2) is 7.11. The molecule has 5 nitrogen and oxygen atoms in total. The summed E-state index contributed by atoms with van der Waals surface area (Å²) in [6.45, 7) is 4.09. The number of aryl methyl sites for hydroxylation is 2. The highest BCUT2D eigenvalue weighted by molar-refractivity contribution is 7.17. The normalized spacial score (nSPS) is 10.8. The Bertz CT molecular complexity index is 939. The molecule has 0 saturated carbocycles. The number of esters is 1. The number of anilines is 1. The van der Waals surface area contributed by atoms with Gasteiger partial charge >= 0.3 is 5.97 Å². The second-order valence-corrected chi connectivity index (χ2v) is 6.74. The molecule has 2 heterocycles. The van der Waals surface area contributed by atoms with Gasteiger partial charge in [0.05, 0.1) is 17.3 Å². The standard InChI is InChI=1S/C19H20N2O3S/c1-4-13-7-5-6-12(2)18(13)20-17(22)11-21-14-8-9-25-16(14)10-15(21)19(23)24-3/h5-10H,4,11H2,1-3H3,(H,20,22). The van der Waals surface area contributed by atoms with Crippen molar-refractivity contribution >= 4 is 39.1 Å². The summed E-state index contributed by atoms with van der Waals surface area (Å²) in [4.78, 5) is 24.7. The Morgan fingerprint density at radius 2 is 2.08 bits per heavy atom. The zero-order valence-electron chi connectivity index (χ0n) is 14.5. The predicted octanol–water partition coefficient (Wildman–Crippen LogP) is 4.00. The molecule has 0 fully saturated rings. The number of benzene rings is 1. The highest BCUT2D eigenvalue weighted by Crippen LogP contribution is 2.26. The number of para-hydroxylation sites is 1. The van der Waals surface area contributed by atoms with E-state index in [1.165, 1.54) is 18.4 Å². The van der Waals surface area contributed by atoms with Gasteiger partial charge in [0.15, 0.2) is 0 Å². The summed E-state index contributed by atoms with van der Waals surface area (Å²) in [5.74, 6) is -0.612. The van der Waals surface area contributed by atoms with Crippen LogP contribution in [0.1, 0.15) is 28.5 Å². The van der Waals surface area contributed by atoms with E-state index in [-0.39, 0.29) is 12.5 Å². The van der Waals surface area contributed by atoms with Crippen LogP contribution in [0.5, 0.6) is 0 Å². The molecular formula is C19H20N2O3S. The number of hydrogen-bond acceptors (Lipinski definition) is 4. The Balaban J connectivity index is 1.90. The molecule has 3 rings (SSSR count). The molecule has 0 aliphatic heterocycles. The molecular weight excluding hydrogens is 336 g/mol. The maximum atomic E-state index is 12.6. The SMILES string of the molecule is CCc1cccc(C)c1NC(=O)Cn1c(C(=O)OC)cc2sccc21. The number of nitrogens with zero attached hydrogens (tertiary/aromatic N) is 1. The predicted molar refractivity (Wildman–Crippen MR) is 100 cm³/mol. The summed E-state index contributed by atoms with van der Waals surface area (Å²) in [6, 6.07) is 9.64. The molecule has 0 aliphatic carbocycles. The molecule has 0 unspecified atom stereocenters. The average molecular weight is 356 g/mol. The van der Waals surface area contributed by atoms with Crippen molar-refractivity contribution in [2.45, 2.75) is 26.8 Å². The van der Waals surface area contributed by atoms with Crippen LogP contribution in [0, 0.1) is 6.92 Å². The molecule has 0 radical (unpaired) electrons. The molecule has 2 aromatic heterocycles. The topological polar surface area (TPSA) is 60.3 Å². The van der Waals surface area contributed by atoms with Crippen LogP contribution in [0.4, 0.5) is 5.69 Å². The van der Waals surface area contributed by atoms with Gasteiger partial charge in [0.2, 0.25) is 5.91 Å². The number of thiophene rings is 1. The zero-order valence-corrected chi connectivity index (χ0v) is 15.3. The number of carbonyl (C=O) groups excluding carboxylic acids is 2. The van der Waals surface area contributed by atoms with Gasteiger partial charge in [0, 0.05) is 5.69 Å². The number of aromatic nitrogens is 1. The van der Waals surface area contributed by atoms with Crippen LogP contribution in [0.3, 0.4) is 0 Å². The van der Waals surface area contributed by atoms with Gasteiger partial charge < -0.3 is 14.6 Å².